The van der Waals surface area contributed by atoms with Crippen LogP contribution in [0.1, 0.15) is 41.0 Å². The Morgan fingerprint density at radius 2 is 1.93 bits per heavy atom. The number of benzene rings is 2. The van der Waals surface area contributed by atoms with E-state index in [4.69, 9.17) is 14.2 Å². The number of aryl methyl sites for hydroxylation is 2. The highest BCUT2D eigenvalue weighted by Crippen LogP contribution is 2.38. The van der Waals surface area contributed by atoms with Crippen LogP contribution < -0.4 is 14.2 Å². The van der Waals surface area contributed by atoms with Crippen molar-refractivity contribution in [3.63, 3.8) is 0 Å². The number of rotatable bonds is 4. The van der Waals surface area contributed by atoms with Crippen molar-refractivity contribution >= 4 is 0 Å². The summed E-state index contributed by atoms with van der Waals surface area (Å²) >= 11 is 0. The lowest BCUT2D eigenvalue weighted by Gasteiger charge is -2.36. The number of fused-ring (bicyclic) bond motifs is 2. The number of aliphatic hydroxyl groups excluding tert-OH is 1. The topological polar surface area (TPSA) is 51.2 Å². The van der Waals surface area contributed by atoms with Gasteiger partial charge in [-0.1, -0.05) is 12.1 Å². The molecule has 5 nitrogen and oxygen atoms in total. The molecule has 1 N–H and O–H groups in total. The summed E-state index contributed by atoms with van der Waals surface area (Å²) in [6.45, 7) is 2.72. The van der Waals surface area contributed by atoms with Gasteiger partial charge >= 0.3 is 0 Å². The molecule has 148 valence electrons. The van der Waals surface area contributed by atoms with Crippen molar-refractivity contribution in [3.05, 3.63) is 52.6 Å². The van der Waals surface area contributed by atoms with Crippen LogP contribution in [0.3, 0.4) is 0 Å². The molecule has 2 aromatic rings. The van der Waals surface area contributed by atoms with Gasteiger partial charge in [-0.3, -0.25) is 4.90 Å². The lowest BCUT2D eigenvalue weighted by molar-refractivity contribution is 0.0473. The maximum Gasteiger partial charge on any atom is 0.231 e. The van der Waals surface area contributed by atoms with Gasteiger partial charge in [-0.2, -0.15) is 0 Å². The average molecular weight is 381 g/mol. The normalized spacial score (nSPS) is 23.6. The molecule has 1 aliphatic carbocycles. The lowest BCUT2D eigenvalue weighted by atomic mass is 9.86. The fourth-order valence-corrected chi connectivity index (χ4v) is 4.88. The highest BCUT2D eigenvalue weighted by Gasteiger charge is 2.30. The van der Waals surface area contributed by atoms with Crippen molar-refractivity contribution in [3.8, 4) is 17.2 Å². The molecular weight excluding hydrogens is 354 g/mol. The van der Waals surface area contributed by atoms with Crippen LogP contribution in [0.25, 0.3) is 0 Å². The zero-order valence-electron chi connectivity index (χ0n) is 16.3. The van der Waals surface area contributed by atoms with E-state index in [0.29, 0.717) is 6.54 Å². The van der Waals surface area contributed by atoms with Crippen molar-refractivity contribution in [2.24, 2.45) is 0 Å². The Morgan fingerprint density at radius 1 is 1.11 bits per heavy atom. The number of nitrogens with zero attached hydrogens (tertiary/aromatic N) is 1. The third kappa shape index (κ3) is 3.23. The summed E-state index contributed by atoms with van der Waals surface area (Å²) in [5.41, 5.74) is 5.26. The molecule has 5 heteroatoms. The van der Waals surface area contributed by atoms with Crippen LogP contribution in [0.15, 0.2) is 30.3 Å². The van der Waals surface area contributed by atoms with Crippen molar-refractivity contribution < 1.29 is 19.3 Å². The van der Waals surface area contributed by atoms with Crippen molar-refractivity contribution in [2.45, 2.75) is 44.2 Å². The second-order valence-corrected chi connectivity index (χ2v) is 8.10. The minimum absolute atomic E-state index is 0.132. The smallest absolute Gasteiger partial charge is 0.231 e. The van der Waals surface area contributed by atoms with E-state index in [0.717, 1.165) is 48.7 Å². The second kappa shape index (κ2) is 7.30. The Hall–Kier alpha value is -2.24. The number of methoxy groups -OCH3 is 1. The Morgan fingerprint density at radius 3 is 2.75 bits per heavy atom. The third-order valence-electron chi connectivity index (χ3n) is 6.38. The van der Waals surface area contributed by atoms with Gasteiger partial charge in [-0.25, -0.2) is 0 Å². The van der Waals surface area contributed by atoms with Crippen LogP contribution >= 0.6 is 0 Å². The van der Waals surface area contributed by atoms with E-state index in [1.165, 1.54) is 29.5 Å². The number of ether oxygens (including phenoxy) is 3. The maximum absolute atomic E-state index is 10.9. The van der Waals surface area contributed by atoms with E-state index in [1.807, 2.05) is 12.1 Å². The predicted octanol–water partition coefficient (Wildman–Crippen LogP) is 3.26. The molecule has 0 amide bonds. The van der Waals surface area contributed by atoms with Gasteiger partial charge in [0.2, 0.25) is 6.79 Å². The molecule has 5 rings (SSSR count). The molecule has 2 aliphatic heterocycles. The highest BCUT2D eigenvalue weighted by atomic mass is 16.7. The number of β-amino-alcohol motifs (C(OH)–C–C–N with tert-alkyl or cyclic N) is 1. The number of hydrogen-bond donors (Lipinski definition) is 1. The van der Waals surface area contributed by atoms with Crippen molar-refractivity contribution in [1.82, 2.24) is 4.90 Å². The lowest BCUT2D eigenvalue weighted by Crippen LogP contribution is -2.42. The van der Waals surface area contributed by atoms with Gasteiger partial charge in [0.15, 0.2) is 11.5 Å². The van der Waals surface area contributed by atoms with E-state index < -0.39 is 6.10 Å². The van der Waals surface area contributed by atoms with Crippen molar-refractivity contribution in [2.75, 3.05) is 27.0 Å². The van der Waals surface area contributed by atoms with E-state index in [9.17, 15) is 5.11 Å². The molecule has 0 radical (unpaired) electrons. The monoisotopic (exact) mass is 381 g/mol. The first-order valence-electron chi connectivity index (χ1n) is 10.2. The Balaban J connectivity index is 1.29. The maximum atomic E-state index is 10.9. The molecule has 28 heavy (non-hydrogen) atoms. The van der Waals surface area contributed by atoms with Gasteiger partial charge in [0.05, 0.1) is 13.2 Å². The molecule has 0 saturated carbocycles. The fraction of sp³-hybridized carbons (Fsp3) is 0.478. The highest BCUT2D eigenvalue weighted by molar-refractivity contribution is 5.46. The van der Waals surface area contributed by atoms with Crippen LogP contribution in [0.5, 0.6) is 17.2 Å². The molecule has 1 saturated heterocycles. The first-order chi connectivity index (χ1) is 13.7. The number of hydrogen-bond acceptors (Lipinski definition) is 5. The Labute approximate surface area is 165 Å². The third-order valence-corrected chi connectivity index (χ3v) is 6.38. The van der Waals surface area contributed by atoms with Gasteiger partial charge in [0, 0.05) is 24.6 Å². The first kappa shape index (κ1) is 17.8. The summed E-state index contributed by atoms with van der Waals surface area (Å²) in [5.74, 6) is 2.69. The molecule has 2 aromatic carbocycles. The number of aliphatic hydroxyl groups is 1. The quantitative estimate of drug-likeness (QED) is 0.881. The fourth-order valence-electron chi connectivity index (χ4n) is 4.88. The molecular formula is C23H27NO4. The predicted molar refractivity (Wildman–Crippen MR) is 106 cm³/mol. The minimum Gasteiger partial charge on any atom is -0.496 e. The Kier molecular flexibility index (Phi) is 4.65. The molecule has 3 aliphatic rings. The zero-order valence-corrected chi connectivity index (χ0v) is 16.3. The summed E-state index contributed by atoms with van der Waals surface area (Å²) in [4.78, 5) is 2.34. The number of likely N-dealkylation sites (tertiary alicyclic amines) is 1. The largest absolute Gasteiger partial charge is 0.496 e. The summed E-state index contributed by atoms with van der Waals surface area (Å²) in [6.07, 6.45) is 4.09. The van der Waals surface area contributed by atoms with Crippen LogP contribution in [-0.4, -0.2) is 43.1 Å². The van der Waals surface area contributed by atoms with Crippen molar-refractivity contribution in [1.29, 1.82) is 0 Å². The summed E-state index contributed by atoms with van der Waals surface area (Å²) in [7, 11) is 1.75. The van der Waals surface area contributed by atoms with Crippen LogP contribution in [0.4, 0.5) is 0 Å². The van der Waals surface area contributed by atoms with Gasteiger partial charge in [-0.15, -0.1) is 0 Å². The summed E-state index contributed by atoms with van der Waals surface area (Å²) < 4.78 is 16.6. The molecule has 0 bridgehead atoms. The minimum atomic E-state index is -0.394. The first-order valence-corrected chi connectivity index (χ1v) is 10.2. The molecule has 0 unspecified atom stereocenters. The van der Waals surface area contributed by atoms with E-state index in [1.54, 1.807) is 7.11 Å². The Bertz CT molecular complexity index is 881. The standard InChI is InChI=1S/C23H27NO4/c1-26-22-10-16-4-2-3-15(16)9-18(22)12-24-8-7-19(20(25)13-24)17-5-6-21-23(11-17)28-14-27-21/h5-6,9-11,19-20,25H,2-4,7-8,12-14H2,1H3/t19-,20+/m0/s1. The molecule has 0 aromatic heterocycles. The molecule has 1 fully saturated rings. The second-order valence-electron chi connectivity index (χ2n) is 8.10. The number of piperidine rings is 1. The molecule has 2 heterocycles. The average Bonchev–Trinajstić information content (AvgIpc) is 3.35. The van der Waals surface area contributed by atoms with Gasteiger partial charge in [0.25, 0.3) is 0 Å². The van der Waals surface area contributed by atoms with Gasteiger partial charge in [0.1, 0.15) is 5.75 Å². The SMILES string of the molecule is COc1cc2c(cc1CN1CC[C@@H](c3ccc4c(c3)OCO4)[C@H](O)C1)CCC2. The molecule has 2 atom stereocenters. The summed E-state index contributed by atoms with van der Waals surface area (Å²) in [5, 5.41) is 10.9. The van der Waals surface area contributed by atoms with E-state index in [-0.39, 0.29) is 12.7 Å². The summed E-state index contributed by atoms with van der Waals surface area (Å²) in [6, 6.07) is 10.6. The van der Waals surface area contributed by atoms with E-state index >= 15 is 0 Å². The molecule has 0 spiro atoms. The van der Waals surface area contributed by atoms with Crippen LogP contribution in [0, 0.1) is 0 Å². The van der Waals surface area contributed by atoms with Gasteiger partial charge in [-0.05, 0) is 67.1 Å². The van der Waals surface area contributed by atoms with Crippen LogP contribution in [-0.2, 0) is 19.4 Å². The van der Waals surface area contributed by atoms with Crippen LogP contribution in [0.2, 0.25) is 0 Å². The zero-order chi connectivity index (χ0) is 19.1. The van der Waals surface area contributed by atoms with Gasteiger partial charge < -0.3 is 19.3 Å². The van der Waals surface area contributed by atoms with E-state index in [2.05, 4.69) is 23.1 Å².